The number of benzene rings is 1. The molecule has 132 valence electrons. The van der Waals surface area contributed by atoms with Gasteiger partial charge in [0.2, 0.25) is 0 Å². The Labute approximate surface area is 149 Å². The number of ether oxygens (including phenoxy) is 2. The zero-order chi connectivity index (χ0) is 17.8. The highest BCUT2D eigenvalue weighted by Crippen LogP contribution is 2.28. The molecule has 3 aromatic rings. The van der Waals surface area contributed by atoms with Crippen molar-refractivity contribution in [3.63, 3.8) is 0 Å². The molecule has 25 heavy (non-hydrogen) atoms. The highest BCUT2D eigenvalue weighted by molar-refractivity contribution is 7.23. The second kappa shape index (κ2) is 7.65. The molecule has 0 saturated carbocycles. The number of unbranched alkanes of at least 4 members (excludes halogenated alkanes) is 2. The third-order valence-corrected chi connectivity index (χ3v) is 4.83. The average Bonchev–Trinajstić information content (AvgIpc) is 2.97. The van der Waals surface area contributed by atoms with E-state index in [4.69, 9.17) is 9.47 Å². The molecule has 6 nitrogen and oxygen atoms in total. The van der Waals surface area contributed by atoms with Crippen molar-refractivity contribution in [1.82, 2.24) is 9.38 Å². The number of hydrogen-bond donors (Lipinski definition) is 0. The number of aromatic nitrogens is 2. The highest BCUT2D eigenvalue weighted by atomic mass is 32.1. The molecule has 2 aromatic heterocycles. The minimum absolute atomic E-state index is 0.0565. The van der Waals surface area contributed by atoms with Gasteiger partial charge in [0.05, 0.1) is 29.6 Å². The number of fused-ring (bicyclic) bond motifs is 3. The van der Waals surface area contributed by atoms with E-state index in [9.17, 15) is 9.59 Å². The predicted molar refractivity (Wildman–Crippen MR) is 97.8 cm³/mol. The van der Waals surface area contributed by atoms with Gasteiger partial charge in [-0.15, -0.1) is 0 Å². The molecular formula is C18H20N2O4S. The molecule has 0 unspecified atom stereocenters. The van der Waals surface area contributed by atoms with Gasteiger partial charge in [-0.25, -0.2) is 9.78 Å². The summed E-state index contributed by atoms with van der Waals surface area (Å²) in [5, 5.41) is 0. The van der Waals surface area contributed by atoms with E-state index >= 15 is 0 Å². The third kappa shape index (κ3) is 3.51. The Hall–Kier alpha value is -2.41. The second-order valence-corrected chi connectivity index (χ2v) is 6.61. The molecule has 2 heterocycles. The summed E-state index contributed by atoms with van der Waals surface area (Å²) in [7, 11) is 0. The zero-order valence-electron chi connectivity index (χ0n) is 14.3. The normalized spacial score (nSPS) is 11.1. The highest BCUT2D eigenvalue weighted by Gasteiger charge is 2.17. The number of nitrogens with zero attached hydrogens (tertiary/aromatic N) is 2. The predicted octanol–water partition coefficient (Wildman–Crippen LogP) is 3.65. The van der Waals surface area contributed by atoms with Gasteiger partial charge >= 0.3 is 5.97 Å². The van der Waals surface area contributed by atoms with Crippen LogP contribution in [-0.2, 0) is 4.74 Å². The summed E-state index contributed by atoms with van der Waals surface area (Å²) < 4.78 is 13.0. The summed E-state index contributed by atoms with van der Waals surface area (Å²) in [5.74, 6) is 0.124. The Morgan fingerprint density at radius 3 is 2.88 bits per heavy atom. The summed E-state index contributed by atoms with van der Waals surface area (Å²) in [6.07, 6.45) is 4.59. The van der Waals surface area contributed by atoms with Gasteiger partial charge in [0, 0.05) is 0 Å². The molecule has 0 fully saturated rings. The lowest BCUT2D eigenvalue weighted by atomic mass is 10.2. The molecule has 0 aliphatic rings. The molecule has 0 aliphatic carbocycles. The van der Waals surface area contributed by atoms with Crippen molar-refractivity contribution in [1.29, 1.82) is 0 Å². The van der Waals surface area contributed by atoms with Crippen molar-refractivity contribution < 1.29 is 14.3 Å². The van der Waals surface area contributed by atoms with Gasteiger partial charge in [-0.05, 0) is 31.5 Å². The third-order valence-electron chi connectivity index (χ3n) is 3.81. The van der Waals surface area contributed by atoms with Gasteiger partial charge in [0.15, 0.2) is 4.96 Å². The molecule has 0 spiro atoms. The molecule has 0 bridgehead atoms. The fourth-order valence-electron chi connectivity index (χ4n) is 2.56. The van der Waals surface area contributed by atoms with Crippen LogP contribution in [0.25, 0.3) is 15.2 Å². The number of carbonyl (C=O) groups is 1. The molecule has 0 radical (unpaired) electrons. The van der Waals surface area contributed by atoms with Gasteiger partial charge in [-0.2, -0.15) is 0 Å². The maximum Gasteiger partial charge on any atom is 0.345 e. The van der Waals surface area contributed by atoms with Crippen LogP contribution in [0.1, 0.15) is 43.5 Å². The molecule has 0 atom stereocenters. The monoisotopic (exact) mass is 360 g/mol. The summed E-state index contributed by atoms with van der Waals surface area (Å²) in [6, 6.07) is 5.57. The number of esters is 1. The Morgan fingerprint density at radius 2 is 2.12 bits per heavy atom. The van der Waals surface area contributed by atoms with E-state index < -0.39 is 11.5 Å². The van der Waals surface area contributed by atoms with Crippen molar-refractivity contribution in [2.24, 2.45) is 0 Å². The molecule has 0 N–H and O–H groups in total. The van der Waals surface area contributed by atoms with Crippen LogP contribution in [0.2, 0.25) is 0 Å². The Bertz CT molecular complexity index is 961. The molecule has 3 rings (SSSR count). The molecular weight excluding hydrogens is 340 g/mol. The number of rotatable bonds is 7. The van der Waals surface area contributed by atoms with Crippen molar-refractivity contribution in [2.45, 2.75) is 33.1 Å². The van der Waals surface area contributed by atoms with Crippen molar-refractivity contribution in [3.05, 3.63) is 40.3 Å². The number of carbonyl (C=O) groups excluding carboxylic acids is 1. The summed E-state index contributed by atoms with van der Waals surface area (Å²) in [4.78, 5) is 29.3. The molecule has 1 aromatic carbocycles. The van der Waals surface area contributed by atoms with Gasteiger partial charge in [-0.1, -0.05) is 31.1 Å². The van der Waals surface area contributed by atoms with Gasteiger partial charge in [0.25, 0.3) is 5.56 Å². The first-order chi connectivity index (χ1) is 12.2. The van der Waals surface area contributed by atoms with Crippen molar-refractivity contribution in [3.8, 4) is 5.75 Å². The molecule has 7 heteroatoms. The minimum Gasteiger partial charge on any atom is -0.494 e. The minimum atomic E-state index is -0.648. The second-order valence-electron chi connectivity index (χ2n) is 5.60. The smallest absolute Gasteiger partial charge is 0.345 e. The van der Waals surface area contributed by atoms with Crippen LogP contribution in [0.5, 0.6) is 5.75 Å². The van der Waals surface area contributed by atoms with E-state index in [1.165, 1.54) is 21.9 Å². The largest absolute Gasteiger partial charge is 0.494 e. The fraction of sp³-hybridized carbons (Fsp3) is 0.389. The van der Waals surface area contributed by atoms with E-state index in [1.54, 1.807) is 6.92 Å². The van der Waals surface area contributed by atoms with E-state index in [1.807, 2.05) is 18.2 Å². The van der Waals surface area contributed by atoms with E-state index in [0.717, 1.165) is 29.7 Å². The topological polar surface area (TPSA) is 69.9 Å². The standard InChI is InChI=1S/C18H20N2O4S/c1-3-5-6-9-24-12-7-8-14-15(10-12)25-18-19-11-13(16(21)20(14)18)17(22)23-4-2/h7-8,10-11H,3-6,9H2,1-2H3. The molecule has 0 saturated heterocycles. The SMILES string of the molecule is CCCCCOc1ccc2c(c1)sc1ncc(C(=O)OCC)c(=O)n12. The first-order valence-electron chi connectivity index (χ1n) is 8.40. The van der Waals surface area contributed by atoms with E-state index in [2.05, 4.69) is 11.9 Å². The number of thiazole rings is 1. The number of hydrogen-bond acceptors (Lipinski definition) is 6. The van der Waals surface area contributed by atoms with Gasteiger partial charge in [-0.3, -0.25) is 9.20 Å². The van der Waals surface area contributed by atoms with Crippen LogP contribution >= 0.6 is 11.3 Å². The lowest BCUT2D eigenvalue weighted by Gasteiger charge is -2.05. The van der Waals surface area contributed by atoms with Crippen LogP contribution in [0, 0.1) is 0 Å². The zero-order valence-corrected chi connectivity index (χ0v) is 15.1. The van der Waals surface area contributed by atoms with E-state index in [-0.39, 0.29) is 12.2 Å². The Morgan fingerprint density at radius 1 is 1.28 bits per heavy atom. The summed E-state index contributed by atoms with van der Waals surface area (Å²) in [6.45, 7) is 4.74. The first kappa shape index (κ1) is 17.4. The summed E-state index contributed by atoms with van der Waals surface area (Å²) >= 11 is 1.39. The molecule has 0 aliphatic heterocycles. The maximum atomic E-state index is 12.6. The quantitative estimate of drug-likeness (QED) is 0.475. The Balaban J connectivity index is 1.98. The van der Waals surface area contributed by atoms with Crippen LogP contribution in [0.3, 0.4) is 0 Å². The van der Waals surface area contributed by atoms with Crippen LogP contribution in [0.15, 0.2) is 29.2 Å². The van der Waals surface area contributed by atoms with Crippen molar-refractivity contribution >= 4 is 32.5 Å². The Kier molecular flexibility index (Phi) is 5.33. The van der Waals surface area contributed by atoms with Gasteiger partial charge in [0.1, 0.15) is 11.3 Å². The summed E-state index contributed by atoms with van der Waals surface area (Å²) in [5.41, 5.74) is 0.245. The average molecular weight is 360 g/mol. The lowest BCUT2D eigenvalue weighted by Crippen LogP contribution is -2.23. The lowest BCUT2D eigenvalue weighted by molar-refractivity contribution is 0.0523. The van der Waals surface area contributed by atoms with Crippen LogP contribution in [0.4, 0.5) is 0 Å². The van der Waals surface area contributed by atoms with E-state index in [0.29, 0.717) is 17.1 Å². The first-order valence-corrected chi connectivity index (χ1v) is 9.21. The van der Waals surface area contributed by atoms with Crippen molar-refractivity contribution in [2.75, 3.05) is 13.2 Å². The fourth-order valence-corrected chi connectivity index (χ4v) is 3.58. The van der Waals surface area contributed by atoms with Crippen LogP contribution in [-0.4, -0.2) is 28.6 Å². The van der Waals surface area contributed by atoms with Crippen LogP contribution < -0.4 is 10.3 Å². The molecule has 0 amide bonds. The van der Waals surface area contributed by atoms with Gasteiger partial charge < -0.3 is 9.47 Å². The maximum absolute atomic E-state index is 12.6.